The highest BCUT2D eigenvalue weighted by Gasteiger charge is 2.39. The van der Waals surface area contributed by atoms with Gasteiger partial charge in [-0.15, -0.1) is 0 Å². The molecule has 1 saturated carbocycles. The number of halogens is 3. The van der Waals surface area contributed by atoms with E-state index in [0.29, 0.717) is 5.56 Å². The molecule has 1 atom stereocenters. The first-order valence-electron chi connectivity index (χ1n) is 12.0. The molecule has 6 nitrogen and oxygen atoms in total. The Morgan fingerprint density at radius 1 is 1.06 bits per heavy atom. The van der Waals surface area contributed by atoms with Crippen LogP contribution in [0.2, 0.25) is 0 Å². The monoisotopic (exact) mass is 525 g/mol. The summed E-state index contributed by atoms with van der Waals surface area (Å²) in [5, 5.41) is 1.87. The van der Waals surface area contributed by atoms with Gasteiger partial charge in [-0.05, 0) is 74.4 Å². The third-order valence-corrected chi connectivity index (χ3v) is 8.10. The quantitative estimate of drug-likeness (QED) is 0.469. The zero-order valence-corrected chi connectivity index (χ0v) is 21.0. The van der Waals surface area contributed by atoms with Crippen LogP contribution in [-0.4, -0.2) is 39.1 Å². The molecule has 1 fully saturated rings. The van der Waals surface area contributed by atoms with E-state index < -0.39 is 33.9 Å². The molecule has 0 radical (unpaired) electrons. The first-order chi connectivity index (χ1) is 16.9. The van der Waals surface area contributed by atoms with Crippen LogP contribution in [0.25, 0.3) is 0 Å². The second-order valence-electron chi connectivity index (χ2n) is 9.03. The van der Waals surface area contributed by atoms with Crippen molar-refractivity contribution in [3.05, 3.63) is 59.2 Å². The van der Waals surface area contributed by atoms with Gasteiger partial charge >= 0.3 is 18.1 Å². The Bertz CT molecular complexity index is 1190. The predicted molar refractivity (Wildman–Crippen MR) is 127 cm³/mol. The first kappa shape index (κ1) is 27.7. The molecule has 196 valence electrons. The number of sulfone groups is 1. The Balaban J connectivity index is 1.86. The van der Waals surface area contributed by atoms with Gasteiger partial charge in [0.2, 0.25) is 9.84 Å². The molecule has 1 N–H and O–H groups in total. The van der Waals surface area contributed by atoms with Gasteiger partial charge in [0.15, 0.2) is 0 Å². The molecular weight excluding hydrogens is 495 g/mol. The van der Waals surface area contributed by atoms with Crippen molar-refractivity contribution in [3.8, 4) is 0 Å². The molecule has 1 aliphatic carbocycles. The lowest BCUT2D eigenvalue weighted by Gasteiger charge is -2.23. The van der Waals surface area contributed by atoms with E-state index in [4.69, 9.17) is 4.74 Å². The number of benzene rings is 2. The third-order valence-electron chi connectivity index (χ3n) is 6.28. The molecule has 1 aliphatic rings. The van der Waals surface area contributed by atoms with Crippen molar-refractivity contribution in [1.29, 1.82) is 0 Å². The van der Waals surface area contributed by atoms with Crippen LogP contribution in [0.4, 0.5) is 13.2 Å². The summed E-state index contributed by atoms with van der Waals surface area (Å²) < 4.78 is 69.4. The van der Waals surface area contributed by atoms with Gasteiger partial charge in [0, 0.05) is 6.04 Å². The van der Waals surface area contributed by atoms with Gasteiger partial charge in [0.25, 0.3) is 0 Å². The van der Waals surface area contributed by atoms with Crippen molar-refractivity contribution < 1.29 is 35.9 Å². The number of hydrogen-bond donors (Lipinski definition) is 1. The van der Waals surface area contributed by atoms with E-state index in [-0.39, 0.29) is 34.3 Å². The van der Waals surface area contributed by atoms with Crippen LogP contribution in [-0.2, 0) is 25.8 Å². The maximum atomic E-state index is 13.5. The lowest BCUT2D eigenvalue weighted by atomic mass is 9.83. The zero-order valence-electron chi connectivity index (χ0n) is 20.2. The molecule has 10 heteroatoms. The standard InChI is InChI=1S/C26H30F3NO5S/c1-3-35-24(31)22-16-20(19-7-5-4-6-8-19)11-14-23(22)36(33,34)21-12-9-18(10-13-21)15-17(2)30-25(32)26(27,28)29/h9-14,16-17,19H,3-8,15H2,1-2H3,(H,30,32)/t17-/m1/s1. The second-order valence-corrected chi connectivity index (χ2v) is 11.0. The van der Waals surface area contributed by atoms with Gasteiger partial charge in [0.1, 0.15) is 0 Å². The number of nitrogens with one attached hydrogen (secondary N) is 1. The normalized spacial score (nSPS) is 15.8. The van der Waals surface area contributed by atoms with Crippen molar-refractivity contribution >= 4 is 21.7 Å². The maximum absolute atomic E-state index is 13.5. The number of rotatable bonds is 8. The van der Waals surface area contributed by atoms with Crippen molar-refractivity contribution in [2.24, 2.45) is 0 Å². The molecule has 0 bridgehead atoms. The Kier molecular flexibility index (Phi) is 8.81. The van der Waals surface area contributed by atoms with E-state index in [1.807, 2.05) is 5.32 Å². The maximum Gasteiger partial charge on any atom is 0.471 e. The molecule has 1 amide bonds. The van der Waals surface area contributed by atoms with E-state index >= 15 is 0 Å². The fourth-order valence-corrected chi connectivity index (χ4v) is 5.91. The van der Waals surface area contributed by atoms with Crippen molar-refractivity contribution in [2.75, 3.05) is 6.61 Å². The highest BCUT2D eigenvalue weighted by molar-refractivity contribution is 7.91. The number of alkyl halides is 3. The molecular formula is C26H30F3NO5S. The molecule has 3 rings (SSSR count). The van der Waals surface area contributed by atoms with E-state index in [2.05, 4.69) is 0 Å². The van der Waals surface area contributed by atoms with Crippen LogP contribution in [0.1, 0.15) is 73.4 Å². The SMILES string of the molecule is CCOC(=O)c1cc(C2CCCCC2)ccc1S(=O)(=O)c1ccc(C[C@@H](C)NC(=O)C(F)(F)F)cc1. The van der Waals surface area contributed by atoms with Crippen LogP contribution in [0.5, 0.6) is 0 Å². The summed E-state index contributed by atoms with van der Waals surface area (Å²) in [6.45, 7) is 3.17. The summed E-state index contributed by atoms with van der Waals surface area (Å²) >= 11 is 0. The van der Waals surface area contributed by atoms with Gasteiger partial charge in [-0.25, -0.2) is 13.2 Å². The minimum absolute atomic E-state index is 0.00696. The fraction of sp³-hybridized carbons (Fsp3) is 0.462. The number of amides is 1. The summed E-state index contributed by atoms with van der Waals surface area (Å²) in [7, 11) is -4.08. The lowest BCUT2D eigenvalue weighted by Crippen LogP contribution is -2.42. The topological polar surface area (TPSA) is 89.5 Å². The summed E-state index contributed by atoms with van der Waals surface area (Å²) in [6, 6.07) is 9.65. The molecule has 2 aromatic carbocycles. The molecule has 0 saturated heterocycles. The molecule has 0 aromatic heterocycles. The second kappa shape index (κ2) is 11.5. The minimum atomic E-state index is -4.98. The van der Waals surface area contributed by atoms with Crippen molar-refractivity contribution in [3.63, 3.8) is 0 Å². The van der Waals surface area contributed by atoms with Crippen molar-refractivity contribution in [2.45, 2.75) is 80.3 Å². The van der Waals surface area contributed by atoms with E-state index in [0.717, 1.165) is 37.7 Å². The number of hydrogen-bond acceptors (Lipinski definition) is 5. The Hall–Kier alpha value is -2.88. The smallest absolute Gasteiger partial charge is 0.462 e. The average Bonchev–Trinajstić information content (AvgIpc) is 2.84. The molecule has 0 aliphatic heterocycles. The van der Waals surface area contributed by atoms with Crippen LogP contribution in [0, 0.1) is 0 Å². The van der Waals surface area contributed by atoms with Gasteiger partial charge in [0.05, 0.1) is 22.0 Å². The largest absolute Gasteiger partial charge is 0.471 e. The van der Waals surface area contributed by atoms with Crippen LogP contribution < -0.4 is 5.32 Å². The number of carbonyl (C=O) groups excluding carboxylic acids is 2. The van der Waals surface area contributed by atoms with Gasteiger partial charge in [-0.1, -0.05) is 37.5 Å². The van der Waals surface area contributed by atoms with Gasteiger partial charge < -0.3 is 10.1 Å². The molecule has 0 heterocycles. The summed E-state index contributed by atoms with van der Waals surface area (Å²) in [5.74, 6) is -2.47. The number of ether oxygens (including phenoxy) is 1. The Morgan fingerprint density at radius 2 is 1.69 bits per heavy atom. The fourth-order valence-electron chi connectivity index (χ4n) is 4.48. The van der Waals surface area contributed by atoms with Crippen LogP contribution >= 0.6 is 0 Å². The molecule has 36 heavy (non-hydrogen) atoms. The van der Waals surface area contributed by atoms with Crippen LogP contribution in [0.3, 0.4) is 0 Å². The molecule has 0 spiro atoms. The Labute approximate surface area is 209 Å². The first-order valence-corrected chi connectivity index (χ1v) is 13.4. The van der Waals surface area contributed by atoms with Gasteiger partial charge in [-0.3, -0.25) is 4.79 Å². The predicted octanol–water partition coefficient (Wildman–Crippen LogP) is 5.35. The summed E-state index contributed by atoms with van der Waals surface area (Å²) in [6.07, 6.45) is 0.406. The van der Waals surface area contributed by atoms with E-state index in [1.54, 1.807) is 19.1 Å². The van der Waals surface area contributed by atoms with E-state index in [1.165, 1.54) is 37.3 Å². The lowest BCUT2D eigenvalue weighted by molar-refractivity contribution is -0.174. The number of esters is 1. The molecule has 0 unspecified atom stereocenters. The zero-order chi connectivity index (χ0) is 26.5. The minimum Gasteiger partial charge on any atom is -0.462 e. The van der Waals surface area contributed by atoms with Crippen LogP contribution in [0.15, 0.2) is 52.3 Å². The summed E-state index contributed by atoms with van der Waals surface area (Å²) in [5.41, 5.74) is 1.46. The Morgan fingerprint density at radius 3 is 2.28 bits per heavy atom. The summed E-state index contributed by atoms with van der Waals surface area (Å²) in [4.78, 5) is 23.6. The average molecular weight is 526 g/mol. The van der Waals surface area contributed by atoms with Gasteiger partial charge in [-0.2, -0.15) is 13.2 Å². The highest BCUT2D eigenvalue weighted by Crippen LogP contribution is 2.35. The highest BCUT2D eigenvalue weighted by atomic mass is 32.2. The molecule has 2 aromatic rings. The number of carbonyl (C=O) groups is 2. The van der Waals surface area contributed by atoms with Crippen molar-refractivity contribution in [1.82, 2.24) is 5.32 Å². The third kappa shape index (κ3) is 6.66. The van der Waals surface area contributed by atoms with E-state index in [9.17, 15) is 31.2 Å².